The van der Waals surface area contributed by atoms with E-state index >= 15 is 0 Å². The quantitative estimate of drug-likeness (QED) is 0.255. The molecular formula is C25H29BN2O6. The zero-order valence-electron chi connectivity index (χ0n) is 19.1. The SMILES string of the molecule is COc1cccc(CNC(=O)C(CC2CC2)C(=O)NC(Cc2coc3ccccc23)B(O)O)c1. The minimum Gasteiger partial charge on any atom is -0.497 e. The standard InChI is InChI=1S/C25H29BN2O6/c1-33-19-6-4-5-17(11-19)14-27-24(29)21(12-16-9-10-16)25(30)28-23(26(31)32)13-18-15-34-22-8-3-2-7-20(18)22/h2-8,11,15-16,21,23,31-32H,9-10,12-14H2,1H3,(H,27,29)(H,28,30). The van der Waals surface area contributed by atoms with Gasteiger partial charge in [-0.15, -0.1) is 0 Å². The Morgan fingerprint density at radius 1 is 1.15 bits per heavy atom. The van der Waals surface area contributed by atoms with Gasteiger partial charge in [-0.3, -0.25) is 9.59 Å². The summed E-state index contributed by atoms with van der Waals surface area (Å²) in [5, 5.41) is 26.3. The highest BCUT2D eigenvalue weighted by molar-refractivity contribution is 6.43. The van der Waals surface area contributed by atoms with Crippen LogP contribution in [0.1, 0.15) is 30.4 Å². The van der Waals surface area contributed by atoms with E-state index in [-0.39, 0.29) is 18.9 Å². The first kappa shape index (κ1) is 23.8. The van der Waals surface area contributed by atoms with Crippen molar-refractivity contribution in [3.05, 3.63) is 65.9 Å². The molecule has 2 unspecified atom stereocenters. The zero-order valence-corrected chi connectivity index (χ0v) is 19.1. The molecule has 0 bridgehead atoms. The van der Waals surface area contributed by atoms with Crippen LogP contribution in [0.15, 0.2) is 59.2 Å². The van der Waals surface area contributed by atoms with Crippen molar-refractivity contribution in [1.29, 1.82) is 0 Å². The Labute approximate surface area is 198 Å². The van der Waals surface area contributed by atoms with Crippen LogP contribution in [0.2, 0.25) is 0 Å². The number of nitrogens with one attached hydrogen (secondary N) is 2. The minimum atomic E-state index is -1.79. The van der Waals surface area contributed by atoms with Crippen LogP contribution < -0.4 is 15.4 Å². The molecule has 178 valence electrons. The number of benzene rings is 2. The second kappa shape index (κ2) is 10.8. The van der Waals surface area contributed by atoms with Crippen LogP contribution in [0.3, 0.4) is 0 Å². The van der Waals surface area contributed by atoms with Crippen LogP contribution in [0, 0.1) is 11.8 Å². The molecule has 0 spiro atoms. The van der Waals surface area contributed by atoms with Crippen molar-refractivity contribution in [3.8, 4) is 5.75 Å². The number of fused-ring (bicyclic) bond motifs is 1. The Morgan fingerprint density at radius 2 is 1.94 bits per heavy atom. The largest absolute Gasteiger partial charge is 0.497 e. The second-order valence-electron chi connectivity index (χ2n) is 8.79. The molecule has 4 rings (SSSR count). The summed E-state index contributed by atoms with van der Waals surface area (Å²) in [5.74, 6) is -1.78. The minimum absolute atomic E-state index is 0.155. The second-order valence-corrected chi connectivity index (χ2v) is 8.79. The average molecular weight is 464 g/mol. The van der Waals surface area contributed by atoms with Gasteiger partial charge in [0.05, 0.1) is 19.3 Å². The van der Waals surface area contributed by atoms with Crippen LogP contribution in [-0.2, 0) is 22.6 Å². The number of hydrogen-bond donors (Lipinski definition) is 4. The number of ether oxygens (including phenoxy) is 1. The Kier molecular flexibility index (Phi) is 7.54. The average Bonchev–Trinajstić information content (AvgIpc) is 3.59. The van der Waals surface area contributed by atoms with Crippen molar-refractivity contribution >= 4 is 29.9 Å². The molecule has 3 aromatic rings. The first-order valence-electron chi connectivity index (χ1n) is 11.5. The number of para-hydroxylation sites is 1. The van der Waals surface area contributed by atoms with E-state index in [1.165, 1.54) is 0 Å². The van der Waals surface area contributed by atoms with Crippen LogP contribution in [0.25, 0.3) is 11.0 Å². The third kappa shape index (κ3) is 5.98. The van der Waals surface area contributed by atoms with E-state index in [2.05, 4.69) is 10.6 Å². The lowest BCUT2D eigenvalue weighted by Crippen LogP contribution is -2.52. The van der Waals surface area contributed by atoms with Crippen molar-refractivity contribution in [3.63, 3.8) is 0 Å². The first-order chi connectivity index (χ1) is 16.4. The van der Waals surface area contributed by atoms with Gasteiger partial charge in [-0.25, -0.2) is 0 Å². The number of carbonyl (C=O) groups excluding carboxylic acids is 2. The van der Waals surface area contributed by atoms with E-state index in [0.717, 1.165) is 29.4 Å². The fraction of sp³-hybridized carbons (Fsp3) is 0.360. The lowest BCUT2D eigenvalue weighted by molar-refractivity contribution is -0.136. The fourth-order valence-electron chi connectivity index (χ4n) is 4.06. The number of furan rings is 1. The zero-order chi connectivity index (χ0) is 24.1. The maximum Gasteiger partial charge on any atom is 0.475 e. The molecule has 2 amide bonds. The van der Waals surface area contributed by atoms with Gasteiger partial charge < -0.3 is 29.8 Å². The summed E-state index contributed by atoms with van der Waals surface area (Å²) in [6.07, 6.45) is 4.11. The van der Waals surface area contributed by atoms with Crippen LogP contribution in [0.5, 0.6) is 5.75 Å². The third-order valence-corrected chi connectivity index (χ3v) is 6.19. The van der Waals surface area contributed by atoms with Crippen molar-refractivity contribution in [2.45, 2.75) is 38.2 Å². The summed E-state index contributed by atoms with van der Waals surface area (Å²) >= 11 is 0. The molecule has 34 heavy (non-hydrogen) atoms. The van der Waals surface area contributed by atoms with E-state index < -0.39 is 24.9 Å². The van der Waals surface area contributed by atoms with Crippen molar-refractivity contribution < 1.29 is 28.8 Å². The number of hydrogen-bond acceptors (Lipinski definition) is 6. The fourth-order valence-corrected chi connectivity index (χ4v) is 4.06. The molecule has 8 nitrogen and oxygen atoms in total. The van der Waals surface area contributed by atoms with Crippen LogP contribution in [-0.4, -0.2) is 42.0 Å². The van der Waals surface area contributed by atoms with Crippen molar-refractivity contribution in [2.75, 3.05) is 7.11 Å². The molecule has 1 fully saturated rings. The highest BCUT2D eigenvalue weighted by Gasteiger charge is 2.36. The molecule has 0 aliphatic heterocycles. The molecule has 9 heteroatoms. The molecule has 0 saturated heterocycles. The van der Waals surface area contributed by atoms with Crippen LogP contribution >= 0.6 is 0 Å². The summed E-state index contributed by atoms with van der Waals surface area (Å²) in [4.78, 5) is 26.1. The molecule has 4 N–H and O–H groups in total. The van der Waals surface area contributed by atoms with E-state index in [4.69, 9.17) is 9.15 Å². The molecule has 2 aromatic carbocycles. The topological polar surface area (TPSA) is 121 Å². The first-order valence-corrected chi connectivity index (χ1v) is 11.5. The Hall–Kier alpha value is -3.30. The van der Waals surface area contributed by atoms with Gasteiger partial charge in [-0.1, -0.05) is 43.2 Å². The maximum absolute atomic E-state index is 13.1. The summed E-state index contributed by atoms with van der Waals surface area (Å²) in [6.45, 7) is 0.261. The molecule has 1 heterocycles. The van der Waals surface area contributed by atoms with Gasteiger partial charge in [0, 0.05) is 11.9 Å². The molecule has 0 radical (unpaired) electrons. The molecule has 1 aliphatic carbocycles. The van der Waals surface area contributed by atoms with Crippen molar-refractivity contribution in [1.82, 2.24) is 10.6 Å². The maximum atomic E-state index is 13.1. The Morgan fingerprint density at radius 3 is 2.68 bits per heavy atom. The van der Waals surface area contributed by atoms with E-state index in [1.54, 1.807) is 13.4 Å². The Balaban J connectivity index is 1.43. The lowest BCUT2D eigenvalue weighted by Gasteiger charge is -2.22. The van der Waals surface area contributed by atoms with Gasteiger partial charge >= 0.3 is 7.12 Å². The number of amides is 2. The third-order valence-electron chi connectivity index (χ3n) is 6.19. The van der Waals surface area contributed by atoms with Gasteiger partial charge in [0.2, 0.25) is 11.8 Å². The highest BCUT2D eigenvalue weighted by Crippen LogP contribution is 2.35. The number of methoxy groups -OCH3 is 1. The molecule has 1 saturated carbocycles. The van der Waals surface area contributed by atoms with Gasteiger partial charge in [0.1, 0.15) is 17.3 Å². The van der Waals surface area contributed by atoms with E-state index in [9.17, 15) is 19.6 Å². The molecule has 1 aliphatic rings. The van der Waals surface area contributed by atoms with E-state index in [0.29, 0.717) is 23.7 Å². The molecule has 1 aromatic heterocycles. The normalized spacial score (nSPS) is 14.9. The lowest BCUT2D eigenvalue weighted by atomic mass is 9.75. The number of rotatable bonds is 11. The number of carbonyl (C=O) groups is 2. The molecule has 2 atom stereocenters. The van der Waals surface area contributed by atoms with E-state index in [1.807, 2.05) is 48.5 Å². The molecular weight excluding hydrogens is 435 g/mol. The smallest absolute Gasteiger partial charge is 0.475 e. The van der Waals surface area contributed by atoms with Gasteiger partial charge in [-0.2, -0.15) is 0 Å². The monoisotopic (exact) mass is 464 g/mol. The summed E-state index contributed by atoms with van der Waals surface area (Å²) < 4.78 is 10.7. The van der Waals surface area contributed by atoms with Crippen LogP contribution in [0.4, 0.5) is 0 Å². The van der Waals surface area contributed by atoms with Gasteiger partial charge in [0.15, 0.2) is 0 Å². The summed E-state index contributed by atoms with van der Waals surface area (Å²) in [5.41, 5.74) is 2.28. The summed E-state index contributed by atoms with van der Waals surface area (Å²) in [6, 6.07) is 14.7. The van der Waals surface area contributed by atoms with Crippen molar-refractivity contribution in [2.24, 2.45) is 11.8 Å². The van der Waals surface area contributed by atoms with Gasteiger partial charge in [-0.05, 0) is 48.1 Å². The van der Waals surface area contributed by atoms with Gasteiger partial charge in [0.25, 0.3) is 0 Å². The highest BCUT2D eigenvalue weighted by atomic mass is 16.5. The predicted octanol–water partition coefficient (Wildman–Crippen LogP) is 2.21. The summed E-state index contributed by atoms with van der Waals surface area (Å²) in [7, 11) is -0.217. The predicted molar refractivity (Wildman–Crippen MR) is 128 cm³/mol. The Bertz CT molecular complexity index is 1140.